The zero-order valence-electron chi connectivity index (χ0n) is 18.6. The number of sulfonamides is 1. The van der Waals surface area contributed by atoms with Gasteiger partial charge in [-0.15, -0.1) is 0 Å². The number of hydrogen-bond acceptors (Lipinski definition) is 5. The second-order valence-electron chi connectivity index (χ2n) is 7.98. The molecule has 0 saturated carbocycles. The largest absolute Gasteiger partial charge is 0.489 e. The molecule has 1 aliphatic heterocycles. The van der Waals surface area contributed by atoms with Gasteiger partial charge in [0, 0.05) is 36.3 Å². The van der Waals surface area contributed by atoms with E-state index >= 15 is 0 Å². The number of carbonyl (C=O) groups is 1. The minimum atomic E-state index is -3.53. The molecule has 0 unspecified atom stereocenters. The Morgan fingerprint density at radius 1 is 0.882 bits per heavy atom. The molecule has 0 radical (unpaired) electrons. The van der Waals surface area contributed by atoms with Gasteiger partial charge < -0.3 is 10.1 Å². The van der Waals surface area contributed by atoms with Crippen molar-refractivity contribution in [3.05, 3.63) is 88.9 Å². The predicted octanol–water partition coefficient (Wildman–Crippen LogP) is 3.97. The summed E-state index contributed by atoms with van der Waals surface area (Å²) in [6.45, 7) is 2.37. The van der Waals surface area contributed by atoms with Gasteiger partial charge >= 0.3 is 0 Å². The Morgan fingerprint density at radius 2 is 1.53 bits per heavy atom. The van der Waals surface area contributed by atoms with Crippen molar-refractivity contribution in [2.45, 2.75) is 11.5 Å². The fraction of sp³-hybridized carbons (Fsp3) is 0.240. The summed E-state index contributed by atoms with van der Waals surface area (Å²) >= 11 is 3.32. The zero-order valence-corrected chi connectivity index (χ0v) is 21.0. The van der Waals surface area contributed by atoms with Crippen LogP contribution in [0.4, 0.5) is 5.69 Å². The molecule has 34 heavy (non-hydrogen) atoms. The summed E-state index contributed by atoms with van der Waals surface area (Å²) in [5.41, 5.74) is 1.78. The SMILES string of the molecule is O=C(CN1CCN(S(=O)(=O)c2ccc(Br)cc2)CC1)Nc1ccc(OCc2ccccc2)cc1. The van der Waals surface area contributed by atoms with Crippen LogP contribution in [0.25, 0.3) is 0 Å². The van der Waals surface area contributed by atoms with Crippen molar-refractivity contribution < 1.29 is 17.9 Å². The van der Waals surface area contributed by atoms with E-state index in [2.05, 4.69) is 21.2 Å². The minimum Gasteiger partial charge on any atom is -0.489 e. The molecule has 178 valence electrons. The van der Waals surface area contributed by atoms with Gasteiger partial charge in [0.25, 0.3) is 0 Å². The van der Waals surface area contributed by atoms with E-state index in [1.165, 1.54) is 4.31 Å². The maximum atomic E-state index is 12.8. The van der Waals surface area contributed by atoms with E-state index in [0.29, 0.717) is 38.5 Å². The molecule has 9 heteroatoms. The van der Waals surface area contributed by atoms with Crippen LogP contribution in [0.15, 0.2) is 88.2 Å². The van der Waals surface area contributed by atoms with Crippen LogP contribution >= 0.6 is 15.9 Å². The van der Waals surface area contributed by atoms with Gasteiger partial charge in [0.2, 0.25) is 15.9 Å². The number of carbonyl (C=O) groups excluding carboxylic acids is 1. The maximum Gasteiger partial charge on any atom is 0.243 e. The molecule has 0 aliphatic carbocycles. The highest BCUT2D eigenvalue weighted by Gasteiger charge is 2.29. The fourth-order valence-electron chi connectivity index (χ4n) is 3.66. The van der Waals surface area contributed by atoms with Crippen LogP contribution in [0.3, 0.4) is 0 Å². The number of nitrogens with zero attached hydrogens (tertiary/aromatic N) is 2. The van der Waals surface area contributed by atoms with E-state index in [9.17, 15) is 13.2 Å². The number of hydrogen-bond donors (Lipinski definition) is 1. The van der Waals surface area contributed by atoms with Gasteiger partial charge in [0.15, 0.2) is 0 Å². The average molecular weight is 544 g/mol. The molecular formula is C25H26BrN3O4S. The molecule has 1 N–H and O–H groups in total. The summed E-state index contributed by atoms with van der Waals surface area (Å²) in [5.74, 6) is 0.590. The molecule has 7 nitrogen and oxygen atoms in total. The first kappa shape index (κ1) is 24.4. The highest BCUT2D eigenvalue weighted by molar-refractivity contribution is 9.10. The van der Waals surface area contributed by atoms with Gasteiger partial charge in [-0.25, -0.2) is 8.42 Å². The molecule has 0 aromatic heterocycles. The molecular weight excluding hydrogens is 518 g/mol. The van der Waals surface area contributed by atoms with Crippen molar-refractivity contribution in [1.82, 2.24) is 9.21 Å². The first-order valence-electron chi connectivity index (χ1n) is 10.9. The lowest BCUT2D eigenvalue weighted by Crippen LogP contribution is -2.50. The number of ether oxygens (including phenoxy) is 1. The smallest absolute Gasteiger partial charge is 0.243 e. The molecule has 1 aliphatic rings. The van der Waals surface area contributed by atoms with Crippen molar-refractivity contribution in [3.8, 4) is 5.75 Å². The Bertz CT molecular complexity index is 1200. The van der Waals surface area contributed by atoms with Crippen LogP contribution in [-0.2, 0) is 21.4 Å². The summed E-state index contributed by atoms with van der Waals surface area (Å²) in [6, 6.07) is 23.8. The van der Waals surface area contributed by atoms with E-state index in [-0.39, 0.29) is 17.3 Å². The molecule has 1 saturated heterocycles. The third kappa shape index (κ3) is 6.44. The highest BCUT2D eigenvalue weighted by atomic mass is 79.9. The lowest BCUT2D eigenvalue weighted by Gasteiger charge is -2.33. The number of nitrogens with one attached hydrogen (secondary N) is 1. The zero-order chi connectivity index (χ0) is 24.0. The number of benzene rings is 3. The number of amides is 1. The van der Waals surface area contributed by atoms with Crippen molar-refractivity contribution in [2.24, 2.45) is 0 Å². The van der Waals surface area contributed by atoms with Gasteiger partial charge in [-0.1, -0.05) is 46.3 Å². The van der Waals surface area contributed by atoms with Crippen LogP contribution in [-0.4, -0.2) is 56.3 Å². The topological polar surface area (TPSA) is 79.0 Å². The van der Waals surface area contributed by atoms with Gasteiger partial charge in [-0.2, -0.15) is 4.31 Å². The first-order valence-corrected chi connectivity index (χ1v) is 13.2. The molecule has 1 fully saturated rings. The number of halogens is 1. The Balaban J connectivity index is 1.23. The first-order chi connectivity index (χ1) is 16.4. The summed E-state index contributed by atoms with van der Waals surface area (Å²) in [7, 11) is -3.53. The Kier molecular flexibility index (Phi) is 7.99. The van der Waals surface area contributed by atoms with E-state index in [0.717, 1.165) is 15.8 Å². The van der Waals surface area contributed by atoms with E-state index < -0.39 is 10.0 Å². The summed E-state index contributed by atoms with van der Waals surface area (Å²) in [4.78, 5) is 14.7. The van der Waals surface area contributed by atoms with Crippen molar-refractivity contribution in [1.29, 1.82) is 0 Å². The molecule has 0 atom stereocenters. The van der Waals surface area contributed by atoms with Crippen LogP contribution in [0.5, 0.6) is 5.75 Å². The number of rotatable bonds is 8. The van der Waals surface area contributed by atoms with Crippen LogP contribution in [0.2, 0.25) is 0 Å². The Morgan fingerprint density at radius 3 is 2.18 bits per heavy atom. The minimum absolute atomic E-state index is 0.137. The third-order valence-electron chi connectivity index (χ3n) is 5.54. The second kappa shape index (κ2) is 11.1. The molecule has 3 aromatic rings. The number of anilines is 1. The van der Waals surface area contributed by atoms with E-state index in [1.54, 1.807) is 36.4 Å². The Hall–Kier alpha value is -2.72. The van der Waals surface area contributed by atoms with Gasteiger partial charge in [0.1, 0.15) is 12.4 Å². The Labute approximate surface area is 208 Å². The summed E-state index contributed by atoms with van der Waals surface area (Å²) in [6.07, 6.45) is 0. The quantitative estimate of drug-likeness (QED) is 0.465. The summed E-state index contributed by atoms with van der Waals surface area (Å²) in [5, 5.41) is 2.89. The highest BCUT2D eigenvalue weighted by Crippen LogP contribution is 2.20. The van der Waals surface area contributed by atoms with Crippen LogP contribution < -0.4 is 10.1 Å². The molecule has 0 bridgehead atoms. The van der Waals surface area contributed by atoms with Crippen LogP contribution in [0.1, 0.15) is 5.56 Å². The fourth-order valence-corrected chi connectivity index (χ4v) is 5.35. The third-order valence-corrected chi connectivity index (χ3v) is 7.98. The standard InChI is InChI=1S/C25H26BrN3O4S/c26-21-6-12-24(13-7-21)34(31,32)29-16-14-28(15-17-29)18-25(30)27-22-8-10-23(11-9-22)33-19-20-4-2-1-3-5-20/h1-13H,14-19H2,(H,27,30). The average Bonchev–Trinajstić information content (AvgIpc) is 2.85. The maximum absolute atomic E-state index is 12.8. The predicted molar refractivity (Wildman–Crippen MR) is 135 cm³/mol. The molecule has 0 spiro atoms. The van der Waals surface area contributed by atoms with Gasteiger partial charge in [-0.3, -0.25) is 9.69 Å². The normalized spacial score (nSPS) is 15.1. The lowest BCUT2D eigenvalue weighted by atomic mass is 10.2. The van der Waals surface area contributed by atoms with Crippen molar-refractivity contribution >= 4 is 37.5 Å². The number of piperazine rings is 1. The van der Waals surface area contributed by atoms with Crippen LogP contribution in [0, 0.1) is 0 Å². The van der Waals surface area contributed by atoms with E-state index in [1.807, 2.05) is 47.4 Å². The lowest BCUT2D eigenvalue weighted by molar-refractivity contribution is -0.117. The summed E-state index contributed by atoms with van der Waals surface area (Å²) < 4.78 is 33.7. The van der Waals surface area contributed by atoms with Crippen molar-refractivity contribution in [2.75, 3.05) is 38.0 Å². The molecule has 1 amide bonds. The molecule has 3 aromatic carbocycles. The molecule has 4 rings (SSSR count). The van der Waals surface area contributed by atoms with Gasteiger partial charge in [0.05, 0.1) is 11.4 Å². The van der Waals surface area contributed by atoms with Gasteiger partial charge in [-0.05, 0) is 54.1 Å². The van der Waals surface area contributed by atoms with E-state index in [4.69, 9.17) is 4.74 Å². The monoisotopic (exact) mass is 543 g/mol. The van der Waals surface area contributed by atoms with Crippen molar-refractivity contribution in [3.63, 3.8) is 0 Å². The second-order valence-corrected chi connectivity index (χ2v) is 10.8. The molecule has 1 heterocycles.